The zero-order valence-electron chi connectivity index (χ0n) is 22.1. The molecule has 0 fully saturated rings. The monoisotopic (exact) mass is 558 g/mol. The third-order valence-corrected chi connectivity index (χ3v) is 6.19. The molecule has 0 aliphatic heterocycles. The van der Waals surface area contributed by atoms with Gasteiger partial charge in [0.2, 0.25) is 17.7 Å². The summed E-state index contributed by atoms with van der Waals surface area (Å²) in [4.78, 5) is 44.7. The second-order valence-corrected chi connectivity index (χ2v) is 9.35. The molecule has 9 nitrogen and oxygen atoms in total. The van der Waals surface area contributed by atoms with Crippen LogP contribution < -0.4 is 22.1 Å². The van der Waals surface area contributed by atoms with Gasteiger partial charge in [0, 0.05) is 31.4 Å². The van der Waals surface area contributed by atoms with Gasteiger partial charge in [0.25, 0.3) is 0 Å². The van der Waals surface area contributed by atoms with Crippen molar-refractivity contribution in [2.75, 3.05) is 25.0 Å². The van der Waals surface area contributed by atoms with E-state index in [4.69, 9.17) is 11.5 Å². The molecular formula is C28H33F3N6O3. The smallest absolute Gasteiger partial charge is 0.343 e. The summed E-state index contributed by atoms with van der Waals surface area (Å²) in [5, 5.41) is 6.04. The van der Waals surface area contributed by atoms with Crippen LogP contribution in [0.1, 0.15) is 30.9 Å². The molecule has 3 amide bonds. The first-order chi connectivity index (χ1) is 19.0. The minimum absolute atomic E-state index is 0.119. The molecule has 6 N–H and O–H groups in total. The highest BCUT2D eigenvalue weighted by molar-refractivity contribution is 5.99. The van der Waals surface area contributed by atoms with Gasteiger partial charge >= 0.3 is 6.18 Å². The van der Waals surface area contributed by atoms with Crippen LogP contribution >= 0.6 is 0 Å². The molecule has 2 unspecified atom stereocenters. The van der Waals surface area contributed by atoms with E-state index in [0.717, 1.165) is 23.0 Å². The Bertz CT molecular complexity index is 1310. The number of benzene rings is 2. The molecule has 2 aromatic carbocycles. The van der Waals surface area contributed by atoms with E-state index in [9.17, 15) is 27.6 Å². The lowest BCUT2D eigenvalue weighted by atomic mass is 10.0. The first-order valence-corrected chi connectivity index (χ1v) is 12.9. The minimum atomic E-state index is -4.51. The number of para-hydroxylation sites is 1. The highest BCUT2D eigenvalue weighted by Gasteiger charge is 2.31. The maximum Gasteiger partial charge on any atom is 0.416 e. The van der Waals surface area contributed by atoms with E-state index in [2.05, 4.69) is 15.6 Å². The number of carbonyl (C=O) groups excluding carboxylic acids is 3. The molecule has 0 saturated carbocycles. The average molecular weight is 559 g/mol. The van der Waals surface area contributed by atoms with Gasteiger partial charge in [0.15, 0.2) is 0 Å². The Morgan fingerprint density at radius 1 is 1.02 bits per heavy atom. The summed E-state index contributed by atoms with van der Waals surface area (Å²) in [7, 11) is 0. The zero-order valence-corrected chi connectivity index (χ0v) is 22.1. The number of anilines is 1. The van der Waals surface area contributed by atoms with Crippen LogP contribution in [0, 0.1) is 0 Å². The molecule has 1 aromatic heterocycles. The van der Waals surface area contributed by atoms with Crippen LogP contribution in [0.25, 0.3) is 10.9 Å². The van der Waals surface area contributed by atoms with Gasteiger partial charge in [-0.05, 0) is 36.2 Å². The number of aromatic nitrogens is 1. The fourth-order valence-electron chi connectivity index (χ4n) is 4.12. The van der Waals surface area contributed by atoms with Crippen molar-refractivity contribution in [2.45, 2.75) is 44.4 Å². The Balaban J connectivity index is 1.77. The molecule has 40 heavy (non-hydrogen) atoms. The third kappa shape index (κ3) is 8.48. The molecule has 214 valence electrons. The molecule has 0 spiro atoms. The summed E-state index contributed by atoms with van der Waals surface area (Å²) in [6, 6.07) is 10.8. The number of halogens is 3. The quantitative estimate of drug-likeness (QED) is 0.269. The SMILES string of the molecule is CCCN(CCN)C(=O)CC(N)C(=O)NC(Cc1ccc(C(F)(F)F)cc1)C(=O)Nc1cnc2ccccc2c1. The highest BCUT2D eigenvalue weighted by atomic mass is 19.4. The van der Waals surface area contributed by atoms with E-state index >= 15 is 0 Å². The molecule has 3 rings (SSSR count). The Morgan fingerprint density at radius 2 is 1.73 bits per heavy atom. The molecule has 2 atom stereocenters. The molecule has 0 radical (unpaired) electrons. The normalized spacial score (nSPS) is 12.9. The largest absolute Gasteiger partial charge is 0.416 e. The van der Waals surface area contributed by atoms with Crippen LogP contribution in [0.5, 0.6) is 0 Å². The number of carbonyl (C=O) groups is 3. The van der Waals surface area contributed by atoms with Crippen molar-refractivity contribution in [3.8, 4) is 0 Å². The summed E-state index contributed by atoms with van der Waals surface area (Å²) >= 11 is 0. The second-order valence-electron chi connectivity index (χ2n) is 9.35. The third-order valence-electron chi connectivity index (χ3n) is 6.19. The number of pyridine rings is 1. The molecule has 0 aliphatic carbocycles. The van der Waals surface area contributed by atoms with Crippen molar-refractivity contribution in [1.29, 1.82) is 0 Å². The van der Waals surface area contributed by atoms with Gasteiger partial charge < -0.3 is 27.0 Å². The average Bonchev–Trinajstić information content (AvgIpc) is 2.92. The predicted octanol–water partition coefficient (Wildman–Crippen LogP) is 2.83. The van der Waals surface area contributed by atoms with Gasteiger partial charge in [0.05, 0.1) is 35.4 Å². The number of hydrogen-bond acceptors (Lipinski definition) is 6. The lowest BCUT2D eigenvalue weighted by Crippen LogP contribution is -2.52. The van der Waals surface area contributed by atoms with Gasteiger partial charge in [-0.3, -0.25) is 19.4 Å². The van der Waals surface area contributed by atoms with Gasteiger partial charge in [-0.15, -0.1) is 0 Å². The number of nitrogens with zero attached hydrogens (tertiary/aromatic N) is 2. The van der Waals surface area contributed by atoms with Gasteiger partial charge in [0.1, 0.15) is 6.04 Å². The predicted molar refractivity (Wildman–Crippen MR) is 146 cm³/mol. The van der Waals surface area contributed by atoms with Crippen LogP contribution in [-0.4, -0.2) is 59.3 Å². The van der Waals surface area contributed by atoms with Crippen molar-refractivity contribution in [3.63, 3.8) is 0 Å². The molecule has 0 saturated heterocycles. The summed E-state index contributed by atoms with van der Waals surface area (Å²) < 4.78 is 39.0. The number of hydrogen-bond donors (Lipinski definition) is 4. The first-order valence-electron chi connectivity index (χ1n) is 12.9. The summed E-state index contributed by atoms with van der Waals surface area (Å²) in [6.45, 7) is 2.94. The van der Waals surface area contributed by atoms with Gasteiger partial charge in [-0.1, -0.05) is 37.3 Å². The summed E-state index contributed by atoms with van der Waals surface area (Å²) in [5.74, 6) is -1.72. The van der Waals surface area contributed by atoms with E-state index in [-0.39, 0.29) is 25.3 Å². The second kappa shape index (κ2) is 13.9. The maximum absolute atomic E-state index is 13.3. The topological polar surface area (TPSA) is 143 Å². The first kappa shape index (κ1) is 30.5. The van der Waals surface area contributed by atoms with Crippen molar-refractivity contribution in [1.82, 2.24) is 15.2 Å². The van der Waals surface area contributed by atoms with Crippen molar-refractivity contribution in [2.24, 2.45) is 11.5 Å². The highest BCUT2D eigenvalue weighted by Crippen LogP contribution is 2.29. The lowest BCUT2D eigenvalue weighted by Gasteiger charge is -2.24. The fraction of sp³-hybridized carbons (Fsp3) is 0.357. The number of rotatable bonds is 12. The molecular weight excluding hydrogens is 525 g/mol. The van der Waals surface area contributed by atoms with Crippen LogP contribution in [0.3, 0.4) is 0 Å². The summed E-state index contributed by atoms with van der Waals surface area (Å²) in [5.41, 5.74) is 12.2. The molecule has 0 aliphatic rings. The molecule has 3 aromatic rings. The van der Waals surface area contributed by atoms with Crippen molar-refractivity contribution >= 4 is 34.3 Å². The van der Waals surface area contributed by atoms with Crippen molar-refractivity contribution < 1.29 is 27.6 Å². The van der Waals surface area contributed by atoms with E-state index in [0.29, 0.717) is 30.8 Å². The van der Waals surface area contributed by atoms with Crippen LogP contribution in [-0.2, 0) is 27.0 Å². The number of alkyl halides is 3. The Labute approximate surface area is 230 Å². The number of nitrogens with one attached hydrogen (secondary N) is 2. The van der Waals surface area contributed by atoms with Crippen molar-refractivity contribution in [3.05, 3.63) is 71.9 Å². The number of fused-ring (bicyclic) bond motifs is 1. The lowest BCUT2D eigenvalue weighted by molar-refractivity contribution is -0.137. The standard InChI is InChI=1S/C28H33F3N6O3/c1-2-12-37(13-11-32)25(38)16-22(33)26(39)36-24(14-18-7-9-20(10-8-18)28(29,30)31)27(40)35-21-15-19-5-3-4-6-23(19)34-17-21/h3-10,15,17,22,24H,2,11-14,16,32-33H2,1H3,(H,35,40)(H,36,39). The van der Waals surface area contributed by atoms with E-state index in [1.807, 2.05) is 31.2 Å². The van der Waals surface area contributed by atoms with Gasteiger partial charge in [-0.2, -0.15) is 13.2 Å². The number of amides is 3. The van der Waals surface area contributed by atoms with E-state index in [1.54, 1.807) is 6.07 Å². The molecule has 0 bridgehead atoms. The number of nitrogens with two attached hydrogens (primary N) is 2. The Morgan fingerprint density at radius 3 is 2.38 bits per heavy atom. The minimum Gasteiger partial charge on any atom is -0.343 e. The maximum atomic E-state index is 13.3. The van der Waals surface area contributed by atoms with E-state index in [1.165, 1.54) is 23.2 Å². The van der Waals surface area contributed by atoms with Crippen LogP contribution in [0.2, 0.25) is 0 Å². The van der Waals surface area contributed by atoms with E-state index < -0.39 is 35.6 Å². The Kier molecular flexibility index (Phi) is 10.6. The zero-order chi connectivity index (χ0) is 29.3. The summed E-state index contributed by atoms with van der Waals surface area (Å²) in [6.07, 6.45) is -2.77. The Hall–Kier alpha value is -4.03. The molecule has 12 heteroatoms. The van der Waals surface area contributed by atoms with Crippen LogP contribution in [0.15, 0.2) is 60.8 Å². The van der Waals surface area contributed by atoms with Crippen LogP contribution in [0.4, 0.5) is 18.9 Å². The van der Waals surface area contributed by atoms with Gasteiger partial charge in [-0.25, -0.2) is 0 Å². The fourth-order valence-corrected chi connectivity index (χ4v) is 4.12. The molecule has 1 heterocycles.